The standard InChI is InChI=1S/C31H43FN4O3/c1-23-9-5-6-12-29(23)27-11-7-10-26(19-27)21-36(20-25-13-15-28(32)16-14-25)24(2)30(33-3)34(4)31(39)35(22-38)17-8-18-37/h5-7,9-10,12-13,15,19,22-23,27,29,33,37H,8,11,14,16-18,20-21H2,1-4H3/b30-24+/t23-,27?,29?/m0/s1. The zero-order valence-electron chi connectivity index (χ0n) is 23.6. The maximum Gasteiger partial charge on any atom is 0.331 e. The summed E-state index contributed by atoms with van der Waals surface area (Å²) in [5, 5.41) is 12.3. The van der Waals surface area contributed by atoms with Crippen molar-refractivity contribution in [3.05, 3.63) is 83.2 Å². The molecule has 0 spiro atoms. The summed E-state index contributed by atoms with van der Waals surface area (Å²) in [5.74, 6) is 1.77. The molecule has 0 saturated heterocycles. The molecule has 8 heteroatoms. The number of halogens is 1. The van der Waals surface area contributed by atoms with E-state index in [-0.39, 0.29) is 19.0 Å². The number of hydrogen-bond acceptors (Lipinski definition) is 5. The third-order valence-corrected chi connectivity index (χ3v) is 7.69. The van der Waals surface area contributed by atoms with Crippen LogP contribution in [0.3, 0.4) is 0 Å². The first-order valence-corrected chi connectivity index (χ1v) is 13.8. The average molecular weight is 539 g/mol. The summed E-state index contributed by atoms with van der Waals surface area (Å²) in [6, 6.07) is -0.480. The second kappa shape index (κ2) is 14.7. The Balaban J connectivity index is 1.91. The molecule has 7 nitrogen and oxygen atoms in total. The Morgan fingerprint density at radius 2 is 1.97 bits per heavy atom. The number of amides is 3. The van der Waals surface area contributed by atoms with Crippen molar-refractivity contribution in [2.75, 3.05) is 40.3 Å². The minimum Gasteiger partial charge on any atom is -0.396 e. The molecule has 0 aromatic rings. The van der Waals surface area contributed by atoms with Crippen LogP contribution >= 0.6 is 0 Å². The van der Waals surface area contributed by atoms with Gasteiger partial charge in [-0.2, -0.15) is 0 Å². The van der Waals surface area contributed by atoms with Gasteiger partial charge in [0.25, 0.3) is 0 Å². The Hall–Kier alpha value is -3.39. The maximum absolute atomic E-state index is 13.7. The number of carbonyl (C=O) groups excluding carboxylic acids is 2. The maximum atomic E-state index is 13.7. The van der Waals surface area contributed by atoms with Crippen LogP contribution in [0.25, 0.3) is 0 Å². The van der Waals surface area contributed by atoms with E-state index in [9.17, 15) is 14.0 Å². The number of imide groups is 1. The molecule has 3 aliphatic carbocycles. The number of allylic oxidation sites excluding steroid dienone is 10. The second-order valence-electron chi connectivity index (χ2n) is 10.4. The van der Waals surface area contributed by atoms with Gasteiger partial charge in [-0.3, -0.25) is 14.6 Å². The van der Waals surface area contributed by atoms with Crippen LogP contribution < -0.4 is 5.32 Å². The fraction of sp³-hybridized carbons (Fsp3) is 0.484. The van der Waals surface area contributed by atoms with Crippen molar-refractivity contribution in [2.24, 2.45) is 17.8 Å². The van der Waals surface area contributed by atoms with Crippen LogP contribution in [-0.2, 0) is 4.79 Å². The first-order chi connectivity index (χ1) is 18.8. The number of aliphatic hydroxyl groups excluding tert-OH is 1. The quantitative estimate of drug-likeness (QED) is 0.341. The van der Waals surface area contributed by atoms with Gasteiger partial charge in [0.1, 0.15) is 11.6 Å². The Morgan fingerprint density at radius 3 is 2.62 bits per heavy atom. The van der Waals surface area contributed by atoms with Crippen molar-refractivity contribution >= 4 is 12.4 Å². The van der Waals surface area contributed by atoms with Crippen molar-refractivity contribution in [2.45, 2.75) is 39.5 Å². The monoisotopic (exact) mass is 538 g/mol. The first kappa shape index (κ1) is 30.2. The van der Waals surface area contributed by atoms with E-state index in [0.717, 1.165) is 22.6 Å². The van der Waals surface area contributed by atoms with Gasteiger partial charge >= 0.3 is 6.03 Å². The van der Waals surface area contributed by atoms with Crippen LogP contribution in [-0.4, -0.2) is 72.6 Å². The van der Waals surface area contributed by atoms with Crippen molar-refractivity contribution in [3.8, 4) is 0 Å². The molecule has 0 aromatic heterocycles. The van der Waals surface area contributed by atoms with E-state index in [4.69, 9.17) is 5.11 Å². The summed E-state index contributed by atoms with van der Waals surface area (Å²) in [7, 11) is 3.38. The third kappa shape index (κ3) is 8.05. The molecule has 3 rings (SSSR count). The summed E-state index contributed by atoms with van der Waals surface area (Å²) in [5.41, 5.74) is 3.15. The minimum absolute atomic E-state index is 0.109. The van der Waals surface area contributed by atoms with E-state index in [2.05, 4.69) is 59.7 Å². The second-order valence-corrected chi connectivity index (χ2v) is 10.4. The predicted molar refractivity (Wildman–Crippen MR) is 154 cm³/mol. The molecular formula is C31H43FN4O3. The molecule has 3 atom stereocenters. The molecule has 39 heavy (non-hydrogen) atoms. The van der Waals surface area contributed by atoms with Gasteiger partial charge in [0.05, 0.1) is 5.70 Å². The van der Waals surface area contributed by atoms with Gasteiger partial charge in [-0.05, 0) is 55.6 Å². The first-order valence-electron chi connectivity index (χ1n) is 13.8. The van der Waals surface area contributed by atoms with E-state index in [1.54, 1.807) is 14.1 Å². The molecule has 0 heterocycles. The van der Waals surface area contributed by atoms with Gasteiger partial charge in [-0.15, -0.1) is 0 Å². The smallest absolute Gasteiger partial charge is 0.331 e. The van der Waals surface area contributed by atoms with Crippen LogP contribution in [0.5, 0.6) is 0 Å². The summed E-state index contributed by atoms with van der Waals surface area (Å²) >= 11 is 0. The number of hydrogen-bond donors (Lipinski definition) is 2. The van der Waals surface area contributed by atoms with Gasteiger partial charge in [0, 0.05) is 46.8 Å². The fourth-order valence-electron chi connectivity index (χ4n) is 5.43. The summed E-state index contributed by atoms with van der Waals surface area (Å²) in [4.78, 5) is 29.4. The number of nitrogens with one attached hydrogen (secondary N) is 1. The molecule has 0 aromatic carbocycles. The molecule has 2 N–H and O–H groups in total. The highest BCUT2D eigenvalue weighted by Crippen LogP contribution is 2.34. The van der Waals surface area contributed by atoms with E-state index < -0.39 is 6.03 Å². The minimum atomic E-state index is -0.480. The Kier molecular flexibility index (Phi) is 11.3. The van der Waals surface area contributed by atoms with E-state index in [1.807, 2.05) is 13.0 Å². The zero-order valence-corrected chi connectivity index (χ0v) is 23.6. The molecular weight excluding hydrogens is 495 g/mol. The van der Waals surface area contributed by atoms with E-state index in [0.29, 0.717) is 62.3 Å². The average Bonchev–Trinajstić information content (AvgIpc) is 2.94. The number of nitrogens with zero attached hydrogens (tertiary/aromatic N) is 3. The highest BCUT2D eigenvalue weighted by Gasteiger charge is 2.26. The Morgan fingerprint density at radius 1 is 1.21 bits per heavy atom. The lowest BCUT2D eigenvalue weighted by molar-refractivity contribution is -0.116. The van der Waals surface area contributed by atoms with Gasteiger partial charge in [0.15, 0.2) is 0 Å². The van der Waals surface area contributed by atoms with E-state index >= 15 is 0 Å². The number of aliphatic hydroxyl groups is 1. The third-order valence-electron chi connectivity index (χ3n) is 7.69. The van der Waals surface area contributed by atoms with Crippen LogP contribution in [0.2, 0.25) is 0 Å². The largest absolute Gasteiger partial charge is 0.396 e. The molecule has 2 unspecified atom stereocenters. The predicted octanol–water partition coefficient (Wildman–Crippen LogP) is 5.04. The van der Waals surface area contributed by atoms with Gasteiger partial charge in [0.2, 0.25) is 6.41 Å². The molecule has 212 valence electrons. The summed E-state index contributed by atoms with van der Waals surface area (Å²) in [6.07, 6.45) is 21.8. The molecule has 0 saturated carbocycles. The van der Waals surface area contributed by atoms with Crippen LogP contribution in [0.4, 0.5) is 9.18 Å². The van der Waals surface area contributed by atoms with Crippen molar-refractivity contribution in [1.82, 2.24) is 20.0 Å². The molecule has 0 radical (unpaired) electrons. The highest BCUT2D eigenvalue weighted by molar-refractivity contribution is 5.85. The topological polar surface area (TPSA) is 76.1 Å². The van der Waals surface area contributed by atoms with Crippen LogP contribution in [0, 0.1) is 17.8 Å². The lowest BCUT2D eigenvalue weighted by Gasteiger charge is -2.34. The van der Waals surface area contributed by atoms with Gasteiger partial charge in [-0.25, -0.2) is 9.18 Å². The Labute approximate surface area is 232 Å². The molecule has 0 fully saturated rings. The number of urea groups is 1. The normalized spacial score (nSPS) is 22.8. The van der Waals surface area contributed by atoms with Crippen LogP contribution in [0.1, 0.15) is 39.5 Å². The van der Waals surface area contributed by atoms with Gasteiger partial charge in [-0.1, -0.05) is 61.1 Å². The Bertz CT molecular complexity index is 1100. The zero-order chi connectivity index (χ0) is 28.4. The summed E-state index contributed by atoms with van der Waals surface area (Å²) < 4.78 is 13.7. The molecule has 3 aliphatic rings. The van der Waals surface area contributed by atoms with Crippen molar-refractivity contribution in [1.29, 1.82) is 0 Å². The van der Waals surface area contributed by atoms with Crippen LogP contribution in [0.15, 0.2) is 83.2 Å². The fourth-order valence-corrected chi connectivity index (χ4v) is 5.43. The number of rotatable bonds is 12. The SMILES string of the molecule is CN/C(=C(/C)N(CC1=CC(C2C=CC=C[C@@H]2C)CC=C1)CC1=CC=C(F)CC1)N(C)C(=O)N(C=O)CCCO. The molecule has 3 amide bonds. The van der Waals surface area contributed by atoms with E-state index in [1.165, 1.54) is 16.5 Å². The lowest BCUT2D eigenvalue weighted by atomic mass is 9.76. The highest BCUT2D eigenvalue weighted by atomic mass is 19.1. The molecule has 0 bridgehead atoms. The summed E-state index contributed by atoms with van der Waals surface area (Å²) in [6.45, 7) is 5.45. The van der Waals surface area contributed by atoms with Gasteiger partial charge < -0.3 is 15.3 Å². The number of carbonyl (C=O) groups is 2. The van der Waals surface area contributed by atoms with Crippen molar-refractivity contribution in [3.63, 3.8) is 0 Å². The molecule has 0 aliphatic heterocycles. The van der Waals surface area contributed by atoms with Crippen molar-refractivity contribution < 1.29 is 19.1 Å². The lowest BCUT2D eigenvalue weighted by Crippen LogP contribution is -2.44.